The second kappa shape index (κ2) is 4.20. The number of hydrogen-bond donors (Lipinski definition) is 0. The molecule has 0 N–H and O–H groups in total. The van der Waals surface area contributed by atoms with Crippen molar-refractivity contribution in [3.63, 3.8) is 0 Å². The predicted octanol–water partition coefficient (Wildman–Crippen LogP) is 0.0584. The van der Waals surface area contributed by atoms with Gasteiger partial charge in [0.1, 0.15) is 0 Å². The zero-order valence-corrected chi connectivity index (χ0v) is 8.14. The van der Waals surface area contributed by atoms with E-state index in [4.69, 9.17) is 4.74 Å². The van der Waals surface area contributed by atoms with Crippen LogP contribution in [0.4, 0.5) is 0 Å². The van der Waals surface area contributed by atoms with Crippen LogP contribution < -0.4 is 0 Å². The maximum absolute atomic E-state index is 11.4. The number of ether oxygens (including phenoxy) is 1. The number of rotatable bonds is 4. The Morgan fingerprint density at radius 2 is 1.92 bits per heavy atom. The lowest BCUT2D eigenvalue weighted by Crippen LogP contribution is -2.31. The van der Waals surface area contributed by atoms with E-state index in [9.17, 15) is 8.42 Å². The molecule has 12 heavy (non-hydrogen) atoms. The zero-order chi connectivity index (χ0) is 9.03. The topological polar surface area (TPSA) is 46.6 Å². The third-order valence-electron chi connectivity index (χ3n) is 2.00. The molecule has 1 aliphatic heterocycles. The van der Waals surface area contributed by atoms with Crippen molar-refractivity contribution in [1.29, 1.82) is 0 Å². The minimum Gasteiger partial charge on any atom is -0.384 e. The molecule has 1 aliphatic rings. The lowest BCUT2D eigenvalue weighted by Gasteiger charge is -2.14. The summed E-state index contributed by atoms with van der Waals surface area (Å²) in [5, 5.41) is 0. The summed E-state index contributed by atoms with van der Waals surface area (Å²) in [4.78, 5) is 0. The van der Waals surface area contributed by atoms with Crippen LogP contribution in [-0.2, 0) is 14.8 Å². The molecule has 4 nitrogen and oxygen atoms in total. The molecule has 0 aromatic heterocycles. The summed E-state index contributed by atoms with van der Waals surface area (Å²) in [6.45, 7) is 1.66. The summed E-state index contributed by atoms with van der Waals surface area (Å²) in [6, 6.07) is 0. The van der Waals surface area contributed by atoms with Gasteiger partial charge in [-0.2, -0.15) is 0 Å². The molecule has 0 aliphatic carbocycles. The Bertz CT molecular complexity index is 219. The van der Waals surface area contributed by atoms with E-state index in [1.54, 1.807) is 4.31 Å². The molecule has 0 unspecified atom stereocenters. The molecule has 0 spiro atoms. The minimum atomic E-state index is -3.01. The molecule has 0 radical (unpaired) electrons. The number of methoxy groups -OCH3 is 1. The fourth-order valence-corrected chi connectivity index (χ4v) is 2.73. The highest BCUT2D eigenvalue weighted by atomic mass is 32.2. The highest BCUT2D eigenvalue weighted by molar-refractivity contribution is 7.89. The van der Waals surface area contributed by atoms with Crippen LogP contribution in [-0.4, -0.2) is 45.3 Å². The van der Waals surface area contributed by atoms with Crippen molar-refractivity contribution in [3.8, 4) is 0 Å². The third-order valence-corrected chi connectivity index (χ3v) is 3.84. The summed E-state index contributed by atoms with van der Waals surface area (Å²) in [5.74, 6) is 0.115. The summed E-state index contributed by atoms with van der Waals surface area (Å²) >= 11 is 0. The lowest BCUT2D eigenvalue weighted by molar-refractivity contribution is 0.216. The molecule has 1 rings (SSSR count). The largest absolute Gasteiger partial charge is 0.384 e. The molecule has 0 aromatic carbocycles. The average molecular weight is 193 g/mol. The van der Waals surface area contributed by atoms with Crippen LogP contribution in [0.5, 0.6) is 0 Å². The standard InChI is InChI=1S/C7H15NO3S/c1-11-6-7-12(9,10)8-4-2-3-5-8/h2-7H2,1H3. The van der Waals surface area contributed by atoms with Gasteiger partial charge in [0.25, 0.3) is 0 Å². The van der Waals surface area contributed by atoms with Gasteiger partial charge >= 0.3 is 0 Å². The van der Waals surface area contributed by atoms with Gasteiger partial charge in [-0.3, -0.25) is 0 Å². The quantitative estimate of drug-likeness (QED) is 0.634. The molecule has 5 heteroatoms. The first-order chi connectivity index (χ1) is 5.67. The summed E-state index contributed by atoms with van der Waals surface area (Å²) < 4.78 is 29.2. The number of nitrogens with zero attached hydrogens (tertiary/aromatic N) is 1. The minimum absolute atomic E-state index is 0.115. The fraction of sp³-hybridized carbons (Fsp3) is 1.00. The summed E-state index contributed by atoms with van der Waals surface area (Å²) in [5.41, 5.74) is 0. The Labute approximate surface area is 73.6 Å². The molecule has 0 atom stereocenters. The normalized spacial score (nSPS) is 20.1. The molecule has 1 fully saturated rings. The van der Waals surface area contributed by atoms with E-state index >= 15 is 0 Å². The molecule has 0 bridgehead atoms. The van der Waals surface area contributed by atoms with Crippen LogP contribution in [0.15, 0.2) is 0 Å². The molecular weight excluding hydrogens is 178 g/mol. The Morgan fingerprint density at radius 3 is 2.42 bits per heavy atom. The first-order valence-electron chi connectivity index (χ1n) is 4.13. The molecule has 0 aromatic rings. The monoisotopic (exact) mass is 193 g/mol. The smallest absolute Gasteiger partial charge is 0.216 e. The second-order valence-electron chi connectivity index (χ2n) is 2.91. The van der Waals surface area contributed by atoms with Gasteiger partial charge in [-0.05, 0) is 12.8 Å². The molecule has 0 amide bonds. The maximum Gasteiger partial charge on any atom is 0.216 e. The molecule has 1 saturated heterocycles. The van der Waals surface area contributed by atoms with Crippen LogP contribution >= 0.6 is 0 Å². The van der Waals surface area contributed by atoms with E-state index in [2.05, 4.69) is 0 Å². The predicted molar refractivity (Wildman–Crippen MR) is 46.5 cm³/mol. The number of sulfonamides is 1. The van der Waals surface area contributed by atoms with Gasteiger partial charge in [-0.25, -0.2) is 12.7 Å². The van der Waals surface area contributed by atoms with Crippen LogP contribution in [0.2, 0.25) is 0 Å². The molecule has 0 saturated carbocycles. The van der Waals surface area contributed by atoms with Gasteiger partial charge in [-0.15, -0.1) is 0 Å². The first kappa shape index (κ1) is 9.95. The third kappa shape index (κ3) is 2.43. The van der Waals surface area contributed by atoms with E-state index in [1.807, 2.05) is 0 Å². The van der Waals surface area contributed by atoms with E-state index in [0.29, 0.717) is 19.7 Å². The van der Waals surface area contributed by atoms with Gasteiger partial charge in [0.2, 0.25) is 10.0 Å². The Balaban J connectivity index is 2.46. The number of hydrogen-bond acceptors (Lipinski definition) is 3. The van der Waals surface area contributed by atoms with Crippen molar-refractivity contribution < 1.29 is 13.2 Å². The van der Waals surface area contributed by atoms with Crippen LogP contribution in [0, 0.1) is 0 Å². The average Bonchev–Trinajstić information content (AvgIpc) is 2.53. The van der Waals surface area contributed by atoms with Crippen molar-refractivity contribution in [3.05, 3.63) is 0 Å². The van der Waals surface area contributed by atoms with E-state index < -0.39 is 10.0 Å². The van der Waals surface area contributed by atoms with Gasteiger partial charge in [0, 0.05) is 20.2 Å². The SMILES string of the molecule is COCCS(=O)(=O)N1CCCC1. The summed E-state index contributed by atoms with van der Waals surface area (Å²) in [7, 11) is -1.50. The first-order valence-corrected chi connectivity index (χ1v) is 5.74. The van der Waals surface area contributed by atoms with Crippen molar-refractivity contribution >= 4 is 10.0 Å². The van der Waals surface area contributed by atoms with E-state index in [0.717, 1.165) is 12.8 Å². The van der Waals surface area contributed by atoms with Crippen LogP contribution in [0.3, 0.4) is 0 Å². The zero-order valence-electron chi connectivity index (χ0n) is 7.32. The van der Waals surface area contributed by atoms with Gasteiger partial charge < -0.3 is 4.74 Å². The Hall–Kier alpha value is -0.130. The fourth-order valence-electron chi connectivity index (χ4n) is 1.28. The maximum atomic E-state index is 11.4. The highest BCUT2D eigenvalue weighted by Gasteiger charge is 2.24. The molecule has 72 valence electrons. The van der Waals surface area contributed by atoms with Gasteiger partial charge in [0.15, 0.2) is 0 Å². The van der Waals surface area contributed by atoms with Crippen LogP contribution in [0.25, 0.3) is 0 Å². The van der Waals surface area contributed by atoms with Gasteiger partial charge in [-0.1, -0.05) is 0 Å². The second-order valence-corrected chi connectivity index (χ2v) is 5.00. The molecule has 1 heterocycles. The van der Waals surface area contributed by atoms with Crippen molar-refractivity contribution in [1.82, 2.24) is 4.31 Å². The summed E-state index contributed by atoms with van der Waals surface area (Å²) in [6.07, 6.45) is 1.98. The lowest BCUT2D eigenvalue weighted by atomic mass is 10.4. The van der Waals surface area contributed by atoms with Crippen molar-refractivity contribution in [2.45, 2.75) is 12.8 Å². The highest BCUT2D eigenvalue weighted by Crippen LogP contribution is 2.12. The Morgan fingerprint density at radius 1 is 1.33 bits per heavy atom. The Kier molecular flexibility index (Phi) is 3.49. The molecular formula is C7H15NO3S. The van der Waals surface area contributed by atoms with E-state index in [-0.39, 0.29) is 5.75 Å². The van der Waals surface area contributed by atoms with E-state index in [1.165, 1.54) is 7.11 Å². The van der Waals surface area contributed by atoms with Crippen LogP contribution in [0.1, 0.15) is 12.8 Å². The van der Waals surface area contributed by atoms with Crippen molar-refractivity contribution in [2.24, 2.45) is 0 Å². The van der Waals surface area contributed by atoms with Crippen molar-refractivity contribution in [2.75, 3.05) is 32.6 Å². The van der Waals surface area contributed by atoms with Gasteiger partial charge in [0.05, 0.1) is 12.4 Å².